The van der Waals surface area contributed by atoms with Gasteiger partial charge in [0.25, 0.3) is 0 Å². The van der Waals surface area contributed by atoms with E-state index < -0.39 is 90.1 Å². The molecule has 3 N–H and O–H groups in total. The maximum Gasteiger partial charge on any atom is 0.338 e. The molecule has 2 spiro atoms. The van der Waals surface area contributed by atoms with Gasteiger partial charge in [-0.15, -0.1) is 0 Å². The molecule has 306 valence electrons. The minimum atomic E-state index is -1.21. The molecular weight excluding hydrogens is 712 g/mol. The molecular formula is C42H60O13. The van der Waals surface area contributed by atoms with E-state index in [1.54, 1.807) is 45.2 Å². The third-order valence-corrected chi connectivity index (χ3v) is 15.5. The Kier molecular flexibility index (Phi) is 10.4. The van der Waals surface area contributed by atoms with E-state index in [9.17, 15) is 24.9 Å². The smallest absolute Gasteiger partial charge is 0.338 e. The van der Waals surface area contributed by atoms with Gasteiger partial charge in [-0.3, -0.25) is 4.79 Å². The first-order valence-electron chi connectivity index (χ1n) is 20.3. The number of benzene rings is 1. The number of Topliss-reactive ketones (excluding diaryl/α,β-unsaturated/α-hetero) is 1. The Morgan fingerprint density at radius 1 is 0.818 bits per heavy atom. The highest BCUT2D eigenvalue weighted by molar-refractivity contribution is 5.89. The first kappa shape index (κ1) is 39.8. The lowest BCUT2D eigenvalue weighted by Gasteiger charge is -2.61. The number of carbonyl (C=O) groups excluding carboxylic acids is 2. The van der Waals surface area contributed by atoms with Crippen molar-refractivity contribution in [3.63, 3.8) is 0 Å². The van der Waals surface area contributed by atoms with Gasteiger partial charge in [-0.2, -0.15) is 0 Å². The number of methoxy groups -OCH3 is 2. The van der Waals surface area contributed by atoms with Crippen molar-refractivity contribution in [2.75, 3.05) is 14.2 Å². The third kappa shape index (κ3) is 5.92. The molecule has 3 saturated heterocycles. The maximum atomic E-state index is 13.8. The largest absolute Gasteiger partial charge is 0.456 e. The molecule has 3 aliphatic heterocycles. The lowest BCUT2D eigenvalue weighted by molar-refractivity contribution is -0.343. The third-order valence-electron chi connectivity index (χ3n) is 15.5. The molecule has 0 radical (unpaired) electrons. The highest BCUT2D eigenvalue weighted by atomic mass is 16.7. The maximum absolute atomic E-state index is 13.8. The van der Waals surface area contributed by atoms with E-state index in [0.29, 0.717) is 24.8 Å². The van der Waals surface area contributed by atoms with Gasteiger partial charge in [0.15, 0.2) is 12.6 Å². The van der Waals surface area contributed by atoms with Crippen LogP contribution in [0.15, 0.2) is 30.3 Å². The Balaban J connectivity index is 0.987. The van der Waals surface area contributed by atoms with Crippen LogP contribution in [0.3, 0.4) is 0 Å². The van der Waals surface area contributed by atoms with Crippen LogP contribution < -0.4 is 0 Å². The number of esters is 1. The number of hydrogen-bond donors (Lipinski definition) is 3. The zero-order valence-corrected chi connectivity index (χ0v) is 33.1. The Bertz CT molecular complexity index is 1590. The summed E-state index contributed by atoms with van der Waals surface area (Å²) in [6.07, 6.45) is -3.06. The Hall–Kier alpha value is -2.04. The highest BCUT2D eigenvalue weighted by Crippen LogP contribution is 2.81. The summed E-state index contributed by atoms with van der Waals surface area (Å²) in [5.41, 5.74) is -2.02. The molecule has 7 fully saturated rings. The van der Waals surface area contributed by atoms with Crippen molar-refractivity contribution in [1.82, 2.24) is 0 Å². The van der Waals surface area contributed by atoms with Crippen molar-refractivity contribution >= 4 is 11.8 Å². The summed E-state index contributed by atoms with van der Waals surface area (Å²) in [5, 5.41) is 33.8. The van der Waals surface area contributed by atoms with Crippen LogP contribution in [-0.4, -0.2) is 126 Å². The standard InChI is InChI=1S/C42H60O13/c1-21(43)27-15-18-42-40(27,5)36(46)34(53-37(47)24-11-9-8-10-12-24)35-39(4)16-14-26(19-25(39)13-17-41(35,42)55-42)52-29-20-28(48-6)32(23(3)50-29)54-38-31(45)33(49-7)30(44)22(2)51-38/h8-12,22-23,25-36,38,44-46H,13-20H2,1-7H3/t22-,23-,25+,26+,27-,28-,29+,30-,31-,32-,33-,34+,35-,36-,38+,39+,40+,41+,42-/m1/s1. The van der Waals surface area contributed by atoms with E-state index in [1.165, 1.54) is 7.11 Å². The molecule has 1 aromatic carbocycles. The zero-order valence-electron chi connectivity index (χ0n) is 33.1. The second kappa shape index (κ2) is 14.4. The molecule has 1 aromatic rings. The normalized spacial score (nSPS) is 51.6. The summed E-state index contributed by atoms with van der Waals surface area (Å²) in [5.74, 6) is -0.885. The van der Waals surface area contributed by atoms with Crippen molar-refractivity contribution in [2.45, 2.75) is 171 Å². The van der Waals surface area contributed by atoms with Gasteiger partial charge in [0.2, 0.25) is 0 Å². The summed E-state index contributed by atoms with van der Waals surface area (Å²) in [7, 11) is 3.05. The zero-order chi connectivity index (χ0) is 39.2. The molecule has 55 heavy (non-hydrogen) atoms. The lowest BCUT2D eigenvalue weighted by atomic mass is 9.43. The topological polar surface area (TPSA) is 172 Å². The van der Waals surface area contributed by atoms with Gasteiger partial charge < -0.3 is 53.2 Å². The molecule has 3 heterocycles. The van der Waals surface area contributed by atoms with Gasteiger partial charge in [0.1, 0.15) is 53.6 Å². The fourth-order valence-corrected chi connectivity index (χ4v) is 12.7. The minimum absolute atomic E-state index is 0.0372. The monoisotopic (exact) mass is 772 g/mol. The number of ketones is 1. The fourth-order valence-electron chi connectivity index (χ4n) is 12.7. The van der Waals surface area contributed by atoms with E-state index in [4.69, 9.17) is 37.9 Å². The van der Waals surface area contributed by atoms with Crippen LogP contribution in [0, 0.1) is 28.6 Å². The van der Waals surface area contributed by atoms with Crippen LogP contribution in [0.5, 0.6) is 0 Å². The van der Waals surface area contributed by atoms with Crippen LogP contribution >= 0.6 is 0 Å². The van der Waals surface area contributed by atoms with E-state index in [0.717, 1.165) is 32.1 Å². The van der Waals surface area contributed by atoms with E-state index in [1.807, 2.05) is 19.9 Å². The number of rotatable bonds is 9. The molecule has 0 bridgehead atoms. The number of aliphatic hydroxyl groups is 3. The lowest BCUT2D eigenvalue weighted by Crippen LogP contribution is -2.70. The van der Waals surface area contributed by atoms with Crippen LogP contribution in [0.2, 0.25) is 0 Å². The molecule has 4 aliphatic carbocycles. The molecule has 19 atom stereocenters. The quantitative estimate of drug-likeness (QED) is 0.189. The highest BCUT2D eigenvalue weighted by Gasteiger charge is 2.90. The predicted octanol–water partition coefficient (Wildman–Crippen LogP) is 3.72. The number of hydrogen-bond acceptors (Lipinski definition) is 13. The SMILES string of the molecule is CO[C@H]1[C@@H](O)[C@H](O[C@@H]2[C@@H](C)O[C@@H](O[C@H]3CC[C@@]4(C)[C@@H](CC[C@@]56O[C@@]57CC[C@H](C(C)=O)[C@@]7(C)[C@H](O)[C@@H](OC(=O)c5ccccc5)[C@H]46)C3)C[C@H]2OC)O[C@H](C)[C@H]1O. The van der Waals surface area contributed by atoms with Crippen molar-refractivity contribution in [3.8, 4) is 0 Å². The summed E-state index contributed by atoms with van der Waals surface area (Å²) in [4.78, 5) is 26.8. The van der Waals surface area contributed by atoms with Crippen LogP contribution in [0.1, 0.15) is 96.3 Å². The van der Waals surface area contributed by atoms with Gasteiger partial charge in [0.05, 0.1) is 30.0 Å². The molecule has 8 rings (SSSR count). The summed E-state index contributed by atoms with van der Waals surface area (Å²) in [6, 6.07) is 8.89. The van der Waals surface area contributed by atoms with Crippen molar-refractivity contribution in [1.29, 1.82) is 0 Å². The average molecular weight is 773 g/mol. The summed E-state index contributed by atoms with van der Waals surface area (Å²) < 4.78 is 49.9. The van der Waals surface area contributed by atoms with Gasteiger partial charge in [-0.1, -0.05) is 32.0 Å². The van der Waals surface area contributed by atoms with E-state index >= 15 is 0 Å². The molecule has 0 amide bonds. The Morgan fingerprint density at radius 3 is 2.25 bits per heavy atom. The van der Waals surface area contributed by atoms with Gasteiger partial charge in [-0.05, 0) is 89.2 Å². The molecule has 0 unspecified atom stereocenters. The predicted molar refractivity (Wildman–Crippen MR) is 195 cm³/mol. The fraction of sp³-hybridized carbons (Fsp3) is 0.810. The number of epoxide rings is 1. The van der Waals surface area contributed by atoms with Crippen LogP contribution in [0.25, 0.3) is 0 Å². The molecule has 0 aromatic heterocycles. The first-order chi connectivity index (χ1) is 26.2. The molecule has 7 aliphatic rings. The van der Waals surface area contributed by atoms with Gasteiger partial charge in [-0.25, -0.2) is 4.79 Å². The van der Waals surface area contributed by atoms with Gasteiger partial charge in [0, 0.05) is 37.9 Å². The van der Waals surface area contributed by atoms with Gasteiger partial charge >= 0.3 is 5.97 Å². The Morgan fingerprint density at radius 2 is 1.56 bits per heavy atom. The van der Waals surface area contributed by atoms with E-state index in [2.05, 4.69) is 6.92 Å². The Labute approximate surface area is 323 Å². The number of fused-ring (bicyclic) bond motifs is 2. The van der Waals surface area contributed by atoms with E-state index in [-0.39, 0.29) is 35.1 Å². The van der Waals surface area contributed by atoms with Crippen molar-refractivity contribution < 1.29 is 62.8 Å². The molecule has 13 heteroatoms. The second-order valence-corrected chi connectivity index (χ2v) is 18.0. The number of ether oxygens (including phenoxy) is 8. The number of carbonyl (C=O) groups is 2. The van der Waals surface area contributed by atoms with Crippen LogP contribution in [-0.2, 0) is 42.7 Å². The molecule has 4 saturated carbocycles. The van der Waals surface area contributed by atoms with Crippen molar-refractivity contribution in [3.05, 3.63) is 35.9 Å². The first-order valence-corrected chi connectivity index (χ1v) is 20.3. The van der Waals surface area contributed by atoms with Crippen LogP contribution in [0.4, 0.5) is 0 Å². The summed E-state index contributed by atoms with van der Waals surface area (Å²) >= 11 is 0. The second-order valence-electron chi connectivity index (χ2n) is 18.0. The summed E-state index contributed by atoms with van der Waals surface area (Å²) in [6.45, 7) is 9.46. The average Bonchev–Trinajstić information content (AvgIpc) is 3.71. The molecule has 13 nitrogen and oxygen atoms in total. The number of aliphatic hydroxyl groups excluding tert-OH is 3. The van der Waals surface area contributed by atoms with Crippen molar-refractivity contribution in [2.24, 2.45) is 28.6 Å². The minimum Gasteiger partial charge on any atom is -0.456 e.